The smallest absolute Gasteiger partial charge is 0.220 e. The minimum atomic E-state index is -0.438. The molecule has 2 saturated heterocycles. The monoisotopic (exact) mass is 665 g/mol. The van der Waals surface area contributed by atoms with Crippen LogP contribution in [0.5, 0.6) is 5.88 Å². The Balaban J connectivity index is 1.20. The van der Waals surface area contributed by atoms with Crippen molar-refractivity contribution < 1.29 is 18.7 Å². The SMILES string of the molecule is COc1nc(-c2ccnc(-c3cccc(Nc4nccc(CN5CC(OC)C5)c4F)c3Cl)c2Cl)ccc1CNC[C@H]1CCC(=O)N1. The van der Waals surface area contributed by atoms with Gasteiger partial charge in [0.1, 0.15) is 0 Å². The number of hydrogen-bond acceptors (Lipinski definition) is 9. The second-order valence-electron chi connectivity index (χ2n) is 11.3. The number of nitrogens with zero attached hydrogens (tertiary/aromatic N) is 4. The van der Waals surface area contributed by atoms with Crippen LogP contribution in [0.25, 0.3) is 22.5 Å². The Hall–Kier alpha value is -3.87. The number of nitrogens with one attached hydrogen (secondary N) is 3. The molecule has 0 radical (unpaired) electrons. The molecule has 0 spiro atoms. The van der Waals surface area contributed by atoms with Crippen LogP contribution in [0, 0.1) is 5.82 Å². The molecule has 2 fully saturated rings. The van der Waals surface area contributed by atoms with Crippen LogP contribution in [0.3, 0.4) is 0 Å². The summed E-state index contributed by atoms with van der Waals surface area (Å²) in [4.78, 5) is 27.1. The van der Waals surface area contributed by atoms with Gasteiger partial charge in [0.25, 0.3) is 0 Å². The van der Waals surface area contributed by atoms with Gasteiger partial charge in [0.15, 0.2) is 11.6 Å². The summed E-state index contributed by atoms with van der Waals surface area (Å²) in [7, 11) is 3.25. The lowest BCUT2D eigenvalue weighted by molar-refractivity contribution is -0.119. The van der Waals surface area contributed by atoms with Gasteiger partial charge >= 0.3 is 0 Å². The van der Waals surface area contributed by atoms with Gasteiger partial charge in [0.2, 0.25) is 11.8 Å². The van der Waals surface area contributed by atoms with E-state index in [-0.39, 0.29) is 23.9 Å². The third-order valence-electron chi connectivity index (χ3n) is 8.22. The highest BCUT2D eigenvalue weighted by molar-refractivity contribution is 6.39. The standard InChI is InChI=1S/C33H34Cl2FN7O3/c1-45-22-17-43(18-22)16-20-10-12-39-32(30(20)36)41-26-5-3-4-24(28(26)34)31-29(35)23(11-13-38-31)25-8-6-19(33(42-25)46-2)14-37-15-21-7-9-27(44)40-21/h3-6,8,10-13,21-22,37H,7,9,14-18H2,1-2H3,(H,39,41)(H,40,44)/t21-/m1/s1. The van der Waals surface area contributed by atoms with Crippen molar-refractivity contribution in [2.24, 2.45) is 0 Å². The zero-order valence-corrected chi connectivity index (χ0v) is 27.0. The van der Waals surface area contributed by atoms with Crippen molar-refractivity contribution in [2.45, 2.75) is 38.1 Å². The molecular weight excluding hydrogens is 632 g/mol. The maximum atomic E-state index is 15.5. The number of amides is 1. The van der Waals surface area contributed by atoms with Crippen LogP contribution in [0.15, 0.2) is 54.9 Å². The molecule has 3 aromatic heterocycles. The Morgan fingerprint density at radius 2 is 1.85 bits per heavy atom. The van der Waals surface area contributed by atoms with E-state index in [1.807, 2.05) is 12.1 Å². The number of likely N-dealkylation sites (tertiary alicyclic amines) is 1. The third kappa shape index (κ3) is 6.93. The molecule has 2 aliphatic rings. The molecule has 13 heteroatoms. The summed E-state index contributed by atoms with van der Waals surface area (Å²) >= 11 is 13.8. The Morgan fingerprint density at radius 1 is 1.02 bits per heavy atom. The van der Waals surface area contributed by atoms with Crippen molar-refractivity contribution in [2.75, 3.05) is 39.2 Å². The largest absolute Gasteiger partial charge is 0.481 e. The van der Waals surface area contributed by atoms with E-state index in [2.05, 4.69) is 30.8 Å². The Kier molecular flexibility index (Phi) is 9.95. The maximum Gasteiger partial charge on any atom is 0.220 e. The lowest BCUT2D eigenvalue weighted by Crippen LogP contribution is -2.51. The zero-order chi connectivity index (χ0) is 32.2. The van der Waals surface area contributed by atoms with E-state index >= 15 is 4.39 Å². The number of pyridine rings is 3. The molecular formula is C33H34Cl2FN7O3. The fraction of sp³-hybridized carbons (Fsp3) is 0.333. The van der Waals surface area contributed by atoms with Gasteiger partial charge in [0.05, 0.1) is 40.3 Å². The normalized spacial score (nSPS) is 16.7. The third-order valence-corrected chi connectivity index (χ3v) is 9.01. The minimum absolute atomic E-state index is 0.0760. The lowest BCUT2D eigenvalue weighted by atomic mass is 10.1. The second-order valence-corrected chi connectivity index (χ2v) is 12.1. The number of carbonyl (C=O) groups excluding carboxylic acids is 1. The first kappa shape index (κ1) is 32.1. The number of ether oxygens (including phenoxy) is 2. The molecule has 1 aromatic carbocycles. The van der Waals surface area contributed by atoms with Crippen LogP contribution in [0.1, 0.15) is 24.0 Å². The quantitative estimate of drug-likeness (QED) is 0.178. The highest BCUT2D eigenvalue weighted by Crippen LogP contribution is 2.41. The maximum absolute atomic E-state index is 15.5. The molecule has 0 aliphatic carbocycles. The van der Waals surface area contributed by atoms with E-state index in [9.17, 15) is 4.79 Å². The summed E-state index contributed by atoms with van der Waals surface area (Å²) in [5.74, 6) is 0.186. The molecule has 0 bridgehead atoms. The number of aromatic nitrogens is 3. The molecule has 6 rings (SSSR count). The summed E-state index contributed by atoms with van der Waals surface area (Å²) in [5.41, 5.74) is 4.13. The molecule has 1 amide bonds. The summed E-state index contributed by atoms with van der Waals surface area (Å²) in [6.45, 7) is 3.16. The molecule has 240 valence electrons. The zero-order valence-electron chi connectivity index (χ0n) is 25.4. The molecule has 46 heavy (non-hydrogen) atoms. The van der Waals surface area contributed by atoms with E-state index in [1.165, 1.54) is 0 Å². The number of hydrogen-bond donors (Lipinski definition) is 3. The van der Waals surface area contributed by atoms with Gasteiger partial charge in [-0.05, 0) is 30.7 Å². The van der Waals surface area contributed by atoms with Crippen LogP contribution >= 0.6 is 23.2 Å². The number of carbonyl (C=O) groups is 1. The van der Waals surface area contributed by atoms with Gasteiger partial charge in [-0.3, -0.25) is 14.7 Å². The predicted molar refractivity (Wildman–Crippen MR) is 176 cm³/mol. The van der Waals surface area contributed by atoms with Crippen LogP contribution in [0.2, 0.25) is 10.0 Å². The van der Waals surface area contributed by atoms with E-state index in [0.29, 0.717) is 75.7 Å². The van der Waals surface area contributed by atoms with Crippen molar-refractivity contribution >= 4 is 40.6 Å². The van der Waals surface area contributed by atoms with Crippen molar-refractivity contribution in [3.8, 4) is 28.4 Å². The fourth-order valence-electron chi connectivity index (χ4n) is 5.64. The molecule has 10 nitrogen and oxygen atoms in total. The van der Waals surface area contributed by atoms with E-state index in [0.717, 1.165) is 25.1 Å². The van der Waals surface area contributed by atoms with Crippen LogP contribution in [0.4, 0.5) is 15.9 Å². The number of anilines is 2. The summed E-state index contributed by atoms with van der Waals surface area (Å²) < 4.78 is 26.4. The molecule has 3 N–H and O–H groups in total. The molecule has 0 unspecified atom stereocenters. The number of methoxy groups -OCH3 is 2. The van der Waals surface area contributed by atoms with Gasteiger partial charge < -0.3 is 25.4 Å². The number of benzene rings is 1. The Bertz CT molecular complexity index is 1740. The van der Waals surface area contributed by atoms with Crippen molar-refractivity contribution in [1.82, 2.24) is 30.5 Å². The first-order valence-corrected chi connectivity index (χ1v) is 15.7. The molecule has 4 aromatic rings. The number of halogens is 3. The second kappa shape index (κ2) is 14.3. The van der Waals surface area contributed by atoms with Crippen LogP contribution in [-0.4, -0.2) is 71.8 Å². The minimum Gasteiger partial charge on any atom is -0.481 e. The summed E-state index contributed by atoms with van der Waals surface area (Å²) in [6.07, 6.45) is 4.78. The highest BCUT2D eigenvalue weighted by atomic mass is 35.5. The lowest BCUT2D eigenvalue weighted by Gasteiger charge is -2.38. The predicted octanol–water partition coefficient (Wildman–Crippen LogP) is 5.60. The molecule has 5 heterocycles. The van der Waals surface area contributed by atoms with Gasteiger partial charge in [-0.2, -0.15) is 0 Å². The first-order valence-electron chi connectivity index (χ1n) is 15.0. The van der Waals surface area contributed by atoms with E-state index < -0.39 is 5.82 Å². The molecule has 0 saturated carbocycles. The fourth-order valence-corrected chi connectivity index (χ4v) is 6.22. The molecule has 2 aliphatic heterocycles. The van der Waals surface area contributed by atoms with Gasteiger partial charge in [-0.15, -0.1) is 0 Å². The number of rotatable bonds is 12. The summed E-state index contributed by atoms with van der Waals surface area (Å²) in [5, 5.41) is 10.0. The summed E-state index contributed by atoms with van der Waals surface area (Å²) in [6, 6.07) is 12.7. The first-order chi connectivity index (χ1) is 22.3. The van der Waals surface area contributed by atoms with Crippen LogP contribution < -0.4 is 20.7 Å². The average molecular weight is 667 g/mol. The van der Waals surface area contributed by atoms with Gasteiger partial charge in [0, 0.05) is 86.9 Å². The van der Waals surface area contributed by atoms with Crippen molar-refractivity contribution in [3.63, 3.8) is 0 Å². The average Bonchev–Trinajstić information content (AvgIpc) is 3.46. The van der Waals surface area contributed by atoms with Gasteiger partial charge in [-0.25, -0.2) is 14.4 Å². The van der Waals surface area contributed by atoms with Gasteiger partial charge in [-0.1, -0.05) is 41.4 Å². The van der Waals surface area contributed by atoms with Crippen LogP contribution in [-0.2, 0) is 22.6 Å². The van der Waals surface area contributed by atoms with Crippen molar-refractivity contribution in [1.29, 1.82) is 0 Å². The molecule has 1 atom stereocenters. The van der Waals surface area contributed by atoms with E-state index in [1.54, 1.807) is 56.9 Å². The topological polar surface area (TPSA) is 114 Å². The van der Waals surface area contributed by atoms with Crippen molar-refractivity contribution in [3.05, 3.63) is 81.8 Å². The Labute approximate surface area is 276 Å². The highest BCUT2D eigenvalue weighted by Gasteiger charge is 2.27. The Morgan fingerprint density at radius 3 is 2.61 bits per heavy atom. The van der Waals surface area contributed by atoms with E-state index in [4.69, 9.17) is 37.7 Å².